The van der Waals surface area contributed by atoms with Crippen molar-refractivity contribution >= 4 is 33.1 Å². The lowest BCUT2D eigenvalue weighted by Gasteiger charge is -1.96. The van der Waals surface area contributed by atoms with Crippen LogP contribution in [0.1, 0.15) is 0 Å². The van der Waals surface area contributed by atoms with Crippen LogP contribution in [0, 0.1) is 11.3 Å². The molecular formula is C15H7NO3. The molecule has 0 aromatic heterocycles. The molecule has 0 unspecified atom stereocenters. The van der Waals surface area contributed by atoms with E-state index in [1.165, 1.54) is 0 Å². The summed E-state index contributed by atoms with van der Waals surface area (Å²) in [7, 11) is 0. The molecule has 90 valence electrons. The number of hydrogen-bond donors (Lipinski definition) is 1. The van der Waals surface area contributed by atoms with Crippen molar-refractivity contribution in [3.63, 3.8) is 0 Å². The van der Waals surface area contributed by atoms with Crippen molar-refractivity contribution in [2.45, 2.75) is 0 Å². The Bertz CT molecular complexity index is 961. The lowest BCUT2D eigenvalue weighted by Crippen LogP contribution is -2.25. The van der Waals surface area contributed by atoms with Crippen molar-refractivity contribution in [3.05, 3.63) is 51.8 Å². The molecule has 3 rings (SSSR count). The van der Waals surface area contributed by atoms with Gasteiger partial charge in [-0.3, -0.25) is 4.79 Å². The average Bonchev–Trinajstić information content (AvgIpc) is 2.68. The molecule has 0 aliphatic rings. The first kappa shape index (κ1) is 11.2. The highest BCUT2D eigenvalue weighted by atomic mass is 16.4. The van der Waals surface area contributed by atoms with Crippen LogP contribution in [0.5, 0.6) is 0 Å². The third-order valence-corrected chi connectivity index (χ3v) is 3.22. The fourth-order valence-electron chi connectivity index (χ4n) is 2.45. The highest BCUT2D eigenvalue weighted by Gasteiger charge is 2.17. The second-order valence-corrected chi connectivity index (χ2v) is 4.21. The van der Waals surface area contributed by atoms with Crippen LogP contribution in [-0.2, 0) is 4.79 Å². The lowest BCUT2D eigenvalue weighted by molar-refractivity contribution is -0.130. The summed E-state index contributed by atoms with van der Waals surface area (Å²) >= 11 is 0. The molecule has 1 N–H and O–H groups in total. The summed E-state index contributed by atoms with van der Waals surface area (Å²) in [6.45, 7) is 0. The molecule has 0 saturated heterocycles. The molecule has 0 saturated carbocycles. The molecule has 0 radical (unpaired) electrons. The van der Waals surface area contributed by atoms with E-state index >= 15 is 0 Å². The number of aliphatic carboxylic acids is 1. The quantitative estimate of drug-likeness (QED) is 0.704. The van der Waals surface area contributed by atoms with Crippen molar-refractivity contribution < 1.29 is 9.90 Å². The smallest absolute Gasteiger partial charge is 0.347 e. The predicted octanol–water partition coefficient (Wildman–Crippen LogP) is 1.27. The van der Waals surface area contributed by atoms with Gasteiger partial charge in [-0.25, -0.2) is 4.79 Å². The van der Waals surface area contributed by atoms with Crippen LogP contribution in [0.2, 0.25) is 0 Å². The van der Waals surface area contributed by atoms with Crippen LogP contribution < -0.4 is 10.6 Å². The van der Waals surface area contributed by atoms with Gasteiger partial charge in [0, 0.05) is 10.8 Å². The Morgan fingerprint density at radius 1 is 1.11 bits per heavy atom. The van der Waals surface area contributed by atoms with Gasteiger partial charge in [0.2, 0.25) is 0 Å². The zero-order valence-electron chi connectivity index (χ0n) is 9.68. The van der Waals surface area contributed by atoms with Gasteiger partial charge in [0.1, 0.15) is 11.6 Å². The van der Waals surface area contributed by atoms with Gasteiger partial charge in [0.15, 0.2) is 5.43 Å². The lowest BCUT2D eigenvalue weighted by atomic mass is 10.1. The number of carboxylic acids is 1. The SMILES string of the molecule is N#C/C(C(=O)O)=c1\c(=O)c2cccc3cccc1c32. The first-order chi connectivity index (χ1) is 9.15. The highest BCUT2D eigenvalue weighted by molar-refractivity contribution is 6.19. The molecule has 3 aromatic rings. The van der Waals surface area contributed by atoms with Gasteiger partial charge in [0.05, 0.1) is 5.22 Å². The molecule has 0 fully saturated rings. The Labute approximate surface area is 107 Å². The fourth-order valence-corrected chi connectivity index (χ4v) is 2.45. The molecule has 0 spiro atoms. The predicted molar refractivity (Wildman–Crippen MR) is 70.8 cm³/mol. The molecule has 4 nitrogen and oxygen atoms in total. The zero-order valence-corrected chi connectivity index (χ0v) is 9.68. The Hall–Kier alpha value is -2.93. The number of nitriles is 1. The van der Waals surface area contributed by atoms with Crippen LogP contribution in [0.4, 0.5) is 0 Å². The van der Waals surface area contributed by atoms with Gasteiger partial charge in [-0.1, -0.05) is 36.4 Å². The average molecular weight is 249 g/mol. The van der Waals surface area contributed by atoms with E-state index < -0.39 is 17.0 Å². The molecular weight excluding hydrogens is 242 g/mol. The first-order valence-corrected chi connectivity index (χ1v) is 5.59. The summed E-state index contributed by atoms with van der Waals surface area (Å²) in [5.41, 5.74) is -0.903. The van der Waals surface area contributed by atoms with E-state index in [0.29, 0.717) is 10.8 Å². The molecule has 0 amide bonds. The summed E-state index contributed by atoms with van der Waals surface area (Å²) in [6.07, 6.45) is 0. The second-order valence-electron chi connectivity index (χ2n) is 4.21. The molecule has 0 heterocycles. The minimum Gasteiger partial charge on any atom is -0.477 e. The highest BCUT2D eigenvalue weighted by Crippen LogP contribution is 2.22. The summed E-state index contributed by atoms with van der Waals surface area (Å²) in [4.78, 5) is 23.4. The van der Waals surface area contributed by atoms with Crippen molar-refractivity contribution in [1.29, 1.82) is 5.26 Å². The number of carboxylic acid groups (broad SMARTS) is 1. The summed E-state index contributed by atoms with van der Waals surface area (Å²) in [5, 5.41) is 20.6. The molecule has 0 aliphatic carbocycles. The second kappa shape index (κ2) is 3.79. The molecule has 4 heteroatoms. The van der Waals surface area contributed by atoms with E-state index in [1.54, 1.807) is 30.3 Å². The van der Waals surface area contributed by atoms with Gasteiger partial charge >= 0.3 is 5.97 Å². The van der Waals surface area contributed by atoms with Crippen molar-refractivity contribution in [2.24, 2.45) is 0 Å². The Kier molecular flexibility index (Phi) is 2.23. The molecule has 19 heavy (non-hydrogen) atoms. The van der Waals surface area contributed by atoms with Crippen LogP contribution >= 0.6 is 0 Å². The number of benzene rings is 2. The summed E-state index contributed by atoms with van der Waals surface area (Å²) < 4.78 is 0. The Balaban J connectivity index is 2.78. The van der Waals surface area contributed by atoms with E-state index in [2.05, 4.69) is 0 Å². The van der Waals surface area contributed by atoms with E-state index in [4.69, 9.17) is 10.4 Å². The van der Waals surface area contributed by atoms with Crippen molar-refractivity contribution in [2.75, 3.05) is 0 Å². The van der Waals surface area contributed by atoms with Crippen LogP contribution in [0.25, 0.3) is 27.1 Å². The van der Waals surface area contributed by atoms with Crippen LogP contribution in [0.3, 0.4) is 0 Å². The molecule has 3 aromatic carbocycles. The topological polar surface area (TPSA) is 78.2 Å². The maximum absolute atomic E-state index is 12.3. The third kappa shape index (κ3) is 1.39. The number of carbonyl (C=O) groups is 1. The molecule has 0 aliphatic heterocycles. The van der Waals surface area contributed by atoms with Gasteiger partial charge in [-0.15, -0.1) is 0 Å². The van der Waals surface area contributed by atoms with Crippen molar-refractivity contribution in [1.82, 2.24) is 0 Å². The Morgan fingerprint density at radius 2 is 1.74 bits per heavy atom. The normalized spacial score (nSPS) is 12.6. The minimum atomic E-state index is -1.38. The van der Waals surface area contributed by atoms with E-state index in [9.17, 15) is 9.59 Å². The minimum absolute atomic E-state index is 0.0122. The number of rotatable bonds is 1. The summed E-state index contributed by atoms with van der Waals surface area (Å²) in [6, 6.07) is 12.1. The number of hydrogen-bond acceptors (Lipinski definition) is 3. The van der Waals surface area contributed by atoms with Crippen LogP contribution in [-0.4, -0.2) is 11.1 Å². The van der Waals surface area contributed by atoms with Crippen molar-refractivity contribution in [3.8, 4) is 6.07 Å². The molecule has 0 bridgehead atoms. The van der Waals surface area contributed by atoms with Gasteiger partial charge in [-0.05, 0) is 10.8 Å². The van der Waals surface area contributed by atoms with E-state index in [1.807, 2.05) is 12.1 Å². The van der Waals surface area contributed by atoms with Gasteiger partial charge in [-0.2, -0.15) is 5.26 Å². The standard InChI is InChI=1S/C15H7NO3/c16-7-11(15(18)19)13-9-5-1-3-8-4-2-6-10(12(8)9)14(13)17/h1-6H,(H,18,19)/b13-11+. The van der Waals surface area contributed by atoms with Gasteiger partial charge < -0.3 is 5.11 Å². The molecule has 0 atom stereocenters. The summed E-state index contributed by atoms with van der Waals surface area (Å²) in [5.74, 6) is -1.38. The maximum Gasteiger partial charge on any atom is 0.347 e. The number of nitrogens with zero attached hydrogens (tertiary/aromatic N) is 1. The third-order valence-electron chi connectivity index (χ3n) is 3.22. The Morgan fingerprint density at radius 3 is 2.32 bits per heavy atom. The zero-order chi connectivity index (χ0) is 13.6. The largest absolute Gasteiger partial charge is 0.477 e. The fraction of sp³-hybridized carbons (Fsp3) is 0. The van der Waals surface area contributed by atoms with E-state index in [0.717, 1.165) is 10.8 Å². The maximum atomic E-state index is 12.3. The van der Waals surface area contributed by atoms with Crippen LogP contribution in [0.15, 0.2) is 41.2 Å². The monoisotopic (exact) mass is 249 g/mol. The van der Waals surface area contributed by atoms with E-state index in [-0.39, 0.29) is 5.22 Å². The first-order valence-electron chi connectivity index (χ1n) is 5.59. The van der Waals surface area contributed by atoms with Gasteiger partial charge in [0.25, 0.3) is 0 Å².